The number of ether oxygens (including phenoxy) is 3. The fraction of sp³-hybridized carbons (Fsp3) is 0.650. The number of amides is 1. The van der Waals surface area contributed by atoms with Gasteiger partial charge in [-0.25, -0.2) is 0 Å². The van der Waals surface area contributed by atoms with Crippen LogP contribution in [0, 0.1) is 5.41 Å². The quantitative estimate of drug-likeness (QED) is 0.766. The lowest BCUT2D eigenvalue weighted by atomic mass is 9.73. The first-order valence-electron chi connectivity index (χ1n) is 9.43. The number of benzene rings is 1. The van der Waals surface area contributed by atoms with Crippen molar-refractivity contribution in [3.8, 4) is 5.75 Å². The van der Waals surface area contributed by atoms with E-state index in [1.165, 1.54) is 5.56 Å². The summed E-state index contributed by atoms with van der Waals surface area (Å²) in [6.45, 7) is 3.57. The summed E-state index contributed by atoms with van der Waals surface area (Å²) in [4.78, 5) is 13.0. The van der Waals surface area contributed by atoms with Crippen LogP contribution >= 0.6 is 12.4 Å². The molecule has 2 fully saturated rings. The van der Waals surface area contributed by atoms with E-state index in [-0.39, 0.29) is 23.7 Å². The van der Waals surface area contributed by atoms with Crippen LogP contribution in [0.1, 0.15) is 31.2 Å². The molecule has 1 aromatic carbocycles. The predicted octanol–water partition coefficient (Wildman–Crippen LogP) is 2.04. The van der Waals surface area contributed by atoms with E-state index in [0.717, 1.165) is 18.6 Å². The number of rotatable bonds is 6. The van der Waals surface area contributed by atoms with Gasteiger partial charge in [0.05, 0.1) is 12.5 Å². The lowest BCUT2D eigenvalue weighted by Crippen LogP contribution is -2.53. The third kappa shape index (κ3) is 4.74. The summed E-state index contributed by atoms with van der Waals surface area (Å²) < 4.78 is 16.3. The number of hydrogen-bond acceptors (Lipinski definition) is 5. The highest BCUT2D eigenvalue weighted by Gasteiger charge is 2.41. The second kappa shape index (κ2) is 9.73. The van der Waals surface area contributed by atoms with Gasteiger partial charge in [-0.2, -0.15) is 0 Å². The van der Waals surface area contributed by atoms with Crippen LogP contribution in [0.2, 0.25) is 0 Å². The fourth-order valence-corrected chi connectivity index (χ4v) is 4.00. The van der Waals surface area contributed by atoms with Gasteiger partial charge < -0.3 is 25.3 Å². The lowest BCUT2D eigenvalue weighted by molar-refractivity contribution is -0.136. The SMILES string of the molecule is COc1ccc(C2(CNC(=O)C3(CN)CCOCC3)CCOCC2)cc1.Cl. The van der Waals surface area contributed by atoms with Crippen molar-refractivity contribution in [2.24, 2.45) is 11.1 Å². The number of nitrogens with two attached hydrogens (primary N) is 1. The Morgan fingerprint density at radius 2 is 1.63 bits per heavy atom. The van der Waals surface area contributed by atoms with Gasteiger partial charge in [-0.1, -0.05) is 12.1 Å². The van der Waals surface area contributed by atoms with Crippen LogP contribution in [0.25, 0.3) is 0 Å². The molecule has 0 radical (unpaired) electrons. The lowest BCUT2D eigenvalue weighted by Gasteiger charge is -2.40. The Morgan fingerprint density at radius 3 is 2.15 bits per heavy atom. The molecule has 27 heavy (non-hydrogen) atoms. The van der Waals surface area contributed by atoms with Gasteiger partial charge in [-0.3, -0.25) is 4.79 Å². The van der Waals surface area contributed by atoms with Crippen LogP contribution in [0.15, 0.2) is 24.3 Å². The second-order valence-electron chi connectivity index (χ2n) is 7.40. The zero-order valence-corrected chi connectivity index (χ0v) is 16.8. The molecule has 6 nitrogen and oxygen atoms in total. The van der Waals surface area contributed by atoms with Gasteiger partial charge in [0.15, 0.2) is 0 Å². The Morgan fingerprint density at radius 1 is 1.07 bits per heavy atom. The second-order valence-corrected chi connectivity index (χ2v) is 7.40. The Hall–Kier alpha value is -1.34. The Kier molecular flexibility index (Phi) is 7.91. The summed E-state index contributed by atoms with van der Waals surface area (Å²) in [5, 5.41) is 3.22. The Bertz CT molecular complexity index is 597. The van der Waals surface area contributed by atoms with Crippen LogP contribution in [0.3, 0.4) is 0 Å². The van der Waals surface area contributed by atoms with Gasteiger partial charge in [-0.15, -0.1) is 12.4 Å². The highest BCUT2D eigenvalue weighted by Crippen LogP contribution is 2.36. The van der Waals surface area contributed by atoms with E-state index in [1.807, 2.05) is 12.1 Å². The normalized spacial score (nSPS) is 21.0. The molecule has 0 atom stereocenters. The van der Waals surface area contributed by atoms with Crippen LogP contribution in [-0.4, -0.2) is 52.5 Å². The molecule has 0 aromatic heterocycles. The van der Waals surface area contributed by atoms with Crippen molar-refractivity contribution in [2.45, 2.75) is 31.1 Å². The molecular formula is C20H31ClN2O4. The van der Waals surface area contributed by atoms with E-state index in [4.69, 9.17) is 19.9 Å². The molecule has 3 rings (SSSR count). The van der Waals surface area contributed by atoms with Crippen molar-refractivity contribution in [1.82, 2.24) is 5.32 Å². The average Bonchev–Trinajstić information content (AvgIpc) is 2.73. The first kappa shape index (κ1) is 22.0. The maximum atomic E-state index is 13.0. The van der Waals surface area contributed by atoms with Gasteiger partial charge in [-0.05, 0) is 43.4 Å². The third-order valence-corrected chi connectivity index (χ3v) is 6.06. The van der Waals surface area contributed by atoms with E-state index in [0.29, 0.717) is 52.4 Å². The van der Waals surface area contributed by atoms with Gasteiger partial charge in [0.2, 0.25) is 5.91 Å². The van der Waals surface area contributed by atoms with Crippen molar-refractivity contribution in [2.75, 3.05) is 46.6 Å². The number of carbonyl (C=O) groups is 1. The molecule has 0 bridgehead atoms. The predicted molar refractivity (Wildman–Crippen MR) is 107 cm³/mol. The van der Waals surface area contributed by atoms with E-state index >= 15 is 0 Å². The Labute approximate surface area is 167 Å². The summed E-state index contributed by atoms with van der Waals surface area (Å²) >= 11 is 0. The Balaban J connectivity index is 0.00000261. The molecule has 1 amide bonds. The molecule has 3 N–H and O–H groups in total. The van der Waals surface area contributed by atoms with Gasteiger partial charge in [0, 0.05) is 44.9 Å². The highest BCUT2D eigenvalue weighted by atomic mass is 35.5. The largest absolute Gasteiger partial charge is 0.497 e. The van der Waals surface area contributed by atoms with Gasteiger partial charge in [0.25, 0.3) is 0 Å². The maximum Gasteiger partial charge on any atom is 0.227 e. The molecule has 0 aliphatic carbocycles. The minimum absolute atomic E-state index is 0. The number of carbonyl (C=O) groups excluding carboxylic acids is 1. The van der Waals surface area contributed by atoms with Crippen LogP contribution in [-0.2, 0) is 19.7 Å². The van der Waals surface area contributed by atoms with Crippen molar-refractivity contribution in [1.29, 1.82) is 0 Å². The standard InChI is InChI=1S/C20H30N2O4.ClH/c1-24-17-4-2-16(3-5-17)20(8-12-26-13-9-20)15-22-18(23)19(14-21)6-10-25-11-7-19;/h2-5H,6-15,21H2,1H3,(H,22,23);1H. The van der Waals surface area contributed by atoms with Crippen molar-refractivity contribution >= 4 is 18.3 Å². The maximum absolute atomic E-state index is 13.0. The molecule has 7 heteroatoms. The van der Waals surface area contributed by atoms with Gasteiger partial charge in [0.1, 0.15) is 5.75 Å². The molecule has 152 valence electrons. The summed E-state index contributed by atoms with van der Waals surface area (Å²) in [6, 6.07) is 8.16. The highest BCUT2D eigenvalue weighted by molar-refractivity contribution is 5.85. The van der Waals surface area contributed by atoms with Crippen molar-refractivity contribution in [3.63, 3.8) is 0 Å². The van der Waals surface area contributed by atoms with E-state index in [2.05, 4.69) is 17.4 Å². The summed E-state index contributed by atoms with van der Waals surface area (Å²) in [5.74, 6) is 0.895. The number of nitrogens with one attached hydrogen (secondary N) is 1. The summed E-state index contributed by atoms with van der Waals surface area (Å²) in [5.41, 5.74) is 6.59. The molecule has 2 aliphatic rings. The minimum Gasteiger partial charge on any atom is -0.497 e. The van der Waals surface area contributed by atoms with Crippen LogP contribution < -0.4 is 15.8 Å². The van der Waals surface area contributed by atoms with Crippen molar-refractivity contribution < 1.29 is 19.0 Å². The molecule has 2 heterocycles. The van der Waals surface area contributed by atoms with Crippen LogP contribution in [0.5, 0.6) is 5.75 Å². The van der Waals surface area contributed by atoms with E-state index in [1.54, 1.807) is 7.11 Å². The molecule has 2 saturated heterocycles. The average molecular weight is 399 g/mol. The molecule has 0 unspecified atom stereocenters. The van der Waals surface area contributed by atoms with Crippen molar-refractivity contribution in [3.05, 3.63) is 29.8 Å². The molecule has 1 aromatic rings. The van der Waals surface area contributed by atoms with E-state index < -0.39 is 5.41 Å². The number of methoxy groups -OCH3 is 1. The number of hydrogen-bond donors (Lipinski definition) is 2. The zero-order chi connectivity index (χ0) is 18.5. The number of halogens is 1. The van der Waals surface area contributed by atoms with E-state index in [9.17, 15) is 4.79 Å². The zero-order valence-electron chi connectivity index (χ0n) is 16.0. The fourth-order valence-electron chi connectivity index (χ4n) is 4.00. The topological polar surface area (TPSA) is 82.8 Å². The van der Waals surface area contributed by atoms with Gasteiger partial charge >= 0.3 is 0 Å². The smallest absolute Gasteiger partial charge is 0.227 e. The first-order chi connectivity index (χ1) is 12.6. The monoisotopic (exact) mass is 398 g/mol. The minimum atomic E-state index is -0.496. The van der Waals surface area contributed by atoms with Crippen LogP contribution in [0.4, 0.5) is 0 Å². The summed E-state index contributed by atoms with van der Waals surface area (Å²) in [6.07, 6.45) is 3.15. The molecule has 0 spiro atoms. The summed E-state index contributed by atoms with van der Waals surface area (Å²) in [7, 11) is 1.67. The third-order valence-electron chi connectivity index (χ3n) is 6.06. The molecule has 0 saturated carbocycles. The molecule has 2 aliphatic heterocycles. The first-order valence-corrected chi connectivity index (χ1v) is 9.43. The molecular weight excluding hydrogens is 368 g/mol.